The van der Waals surface area contributed by atoms with Crippen LogP contribution < -0.4 is 15.4 Å². The van der Waals surface area contributed by atoms with E-state index in [0.29, 0.717) is 18.9 Å². The van der Waals surface area contributed by atoms with Gasteiger partial charge in [-0.1, -0.05) is 0 Å². The molecule has 1 atom stereocenters. The SMILES string of the molecule is O=C(NCCCOc1ccc(F)cc1)C1CCCNC1. The zero-order chi connectivity index (χ0) is 14.2. The smallest absolute Gasteiger partial charge is 0.224 e. The molecular weight excluding hydrogens is 259 g/mol. The van der Waals surface area contributed by atoms with Crippen LogP contribution in [0.5, 0.6) is 5.75 Å². The second-order valence-corrected chi connectivity index (χ2v) is 4.99. The minimum Gasteiger partial charge on any atom is -0.494 e. The molecule has 0 radical (unpaired) electrons. The Hall–Kier alpha value is -1.62. The molecule has 20 heavy (non-hydrogen) atoms. The van der Waals surface area contributed by atoms with Gasteiger partial charge in [-0.2, -0.15) is 0 Å². The Bertz CT molecular complexity index is 416. The number of piperidine rings is 1. The van der Waals surface area contributed by atoms with E-state index in [0.717, 1.165) is 32.4 Å². The average molecular weight is 280 g/mol. The van der Waals surface area contributed by atoms with Crippen LogP contribution in [0, 0.1) is 11.7 Å². The summed E-state index contributed by atoms with van der Waals surface area (Å²) in [6.07, 6.45) is 2.76. The molecule has 0 bridgehead atoms. The molecule has 5 heteroatoms. The molecule has 1 heterocycles. The van der Waals surface area contributed by atoms with Gasteiger partial charge in [0.15, 0.2) is 0 Å². The highest BCUT2D eigenvalue weighted by molar-refractivity contribution is 5.78. The Balaban J connectivity index is 1.57. The number of halogens is 1. The fourth-order valence-electron chi connectivity index (χ4n) is 2.22. The molecule has 1 unspecified atom stereocenters. The number of benzene rings is 1. The number of hydrogen-bond acceptors (Lipinski definition) is 3. The van der Waals surface area contributed by atoms with Crippen molar-refractivity contribution in [2.24, 2.45) is 5.92 Å². The molecule has 0 saturated carbocycles. The summed E-state index contributed by atoms with van der Waals surface area (Å²) in [5.74, 6) is 0.598. The van der Waals surface area contributed by atoms with Crippen LogP contribution in [0.3, 0.4) is 0 Å². The number of nitrogens with one attached hydrogen (secondary N) is 2. The van der Waals surface area contributed by atoms with E-state index in [1.807, 2.05) is 0 Å². The van der Waals surface area contributed by atoms with E-state index in [1.54, 1.807) is 12.1 Å². The van der Waals surface area contributed by atoms with E-state index >= 15 is 0 Å². The van der Waals surface area contributed by atoms with Crippen LogP contribution in [0.25, 0.3) is 0 Å². The van der Waals surface area contributed by atoms with Gasteiger partial charge in [-0.3, -0.25) is 4.79 Å². The molecule has 0 aliphatic carbocycles. The van der Waals surface area contributed by atoms with Crippen molar-refractivity contribution in [3.8, 4) is 5.75 Å². The van der Waals surface area contributed by atoms with Crippen LogP contribution in [-0.2, 0) is 4.79 Å². The van der Waals surface area contributed by atoms with Crippen molar-refractivity contribution >= 4 is 5.91 Å². The van der Waals surface area contributed by atoms with Crippen LogP contribution in [0.15, 0.2) is 24.3 Å². The van der Waals surface area contributed by atoms with Crippen LogP contribution in [0.2, 0.25) is 0 Å². The fourth-order valence-corrected chi connectivity index (χ4v) is 2.22. The first kappa shape index (κ1) is 14.8. The van der Waals surface area contributed by atoms with Crippen LogP contribution >= 0.6 is 0 Å². The Morgan fingerprint density at radius 2 is 2.20 bits per heavy atom. The first-order chi connectivity index (χ1) is 9.75. The van der Waals surface area contributed by atoms with E-state index in [2.05, 4.69) is 10.6 Å². The third kappa shape index (κ3) is 4.81. The highest BCUT2D eigenvalue weighted by atomic mass is 19.1. The molecular formula is C15H21FN2O2. The standard InChI is InChI=1S/C15H21FN2O2/c16-13-4-6-14(7-5-13)20-10-2-9-18-15(19)12-3-1-8-17-11-12/h4-7,12,17H,1-3,8-11H2,(H,18,19). The minimum absolute atomic E-state index is 0.0989. The summed E-state index contributed by atoms with van der Waals surface area (Å²) in [6, 6.07) is 5.93. The van der Waals surface area contributed by atoms with Gasteiger partial charge in [-0.15, -0.1) is 0 Å². The number of carbonyl (C=O) groups excluding carboxylic acids is 1. The quantitative estimate of drug-likeness (QED) is 0.780. The van der Waals surface area contributed by atoms with Crippen molar-refractivity contribution in [1.29, 1.82) is 0 Å². The summed E-state index contributed by atoms with van der Waals surface area (Å²) < 4.78 is 18.1. The highest BCUT2D eigenvalue weighted by Crippen LogP contribution is 2.11. The van der Waals surface area contributed by atoms with Gasteiger partial charge in [0.25, 0.3) is 0 Å². The first-order valence-corrected chi connectivity index (χ1v) is 7.12. The van der Waals surface area contributed by atoms with E-state index < -0.39 is 0 Å². The minimum atomic E-state index is -0.272. The van der Waals surface area contributed by atoms with Gasteiger partial charge in [-0.25, -0.2) is 4.39 Å². The average Bonchev–Trinajstić information content (AvgIpc) is 2.49. The van der Waals surface area contributed by atoms with Crippen LogP contribution in [0.4, 0.5) is 4.39 Å². The lowest BCUT2D eigenvalue weighted by molar-refractivity contribution is -0.125. The zero-order valence-corrected chi connectivity index (χ0v) is 11.5. The summed E-state index contributed by atoms with van der Waals surface area (Å²) in [7, 11) is 0. The lowest BCUT2D eigenvalue weighted by atomic mass is 9.99. The number of ether oxygens (including phenoxy) is 1. The highest BCUT2D eigenvalue weighted by Gasteiger charge is 2.19. The normalized spacial score (nSPS) is 18.6. The van der Waals surface area contributed by atoms with Gasteiger partial charge in [0.05, 0.1) is 12.5 Å². The maximum atomic E-state index is 12.7. The first-order valence-electron chi connectivity index (χ1n) is 7.12. The maximum absolute atomic E-state index is 12.7. The molecule has 4 nitrogen and oxygen atoms in total. The van der Waals surface area contributed by atoms with Gasteiger partial charge in [-0.05, 0) is 50.1 Å². The second kappa shape index (κ2) is 7.85. The summed E-state index contributed by atoms with van der Waals surface area (Å²) in [4.78, 5) is 11.8. The second-order valence-electron chi connectivity index (χ2n) is 4.99. The largest absolute Gasteiger partial charge is 0.494 e. The topological polar surface area (TPSA) is 50.4 Å². The Kier molecular flexibility index (Phi) is 5.80. The van der Waals surface area contributed by atoms with Crippen molar-refractivity contribution in [3.05, 3.63) is 30.1 Å². The van der Waals surface area contributed by atoms with Crippen molar-refractivity contribution in [3.63, 3.8) is 0 Å². The molecule has 110 valence electrons. The van der Waals surface area contributed by atoms with E-state index in [4.69, 9.17) is 4.74 Å². The lowest BCUT2D eigenvalue weighted by Crippen LogP contribution is -2.40. The summed E-state index contributed by atoms with van der Waals surface area (Å²) >= 11 is 0. The molecule has 1 fully saturated rings. The number of hydrogen-bond donors (Lipinski definition) is 2. The monoisotopic (exact) mass is 280 g/mol. The summed E-state index contributed by atoms with van der Waals surface area (Å²) in [5, 5.41) is 6.16. The molecule has 1 aromatic rings. The van der Waals surface area contributed by atoms with E-state index in [-0.39, 0.29) is 17.6 Å². The molecule has 2 N–H and O–H groups in total. The van der Waals surface area contributed by atoms with Gasteiger partial charge in [0.1, 0.15) is 11.6 Å². The molecule has 1 aliphatic heterocycles. The predicted octanol–water partition coefficient (Wildman–Crippen LogP) is 1.71. The van der Waals surface area contributed by atoms with Crippen molar-refractivity contribution in [1.82, 2.24) is 10.6 Å². The molecule has 0 aromatic heterocycles. The molecule has 1 amide bonds. The summed E-state index contributed by atoms with van der Waals surface area (Å²) in [5.41, 5.74) is 0. The lowest BCUT2D eigenvalue weighted by Gasteiger charge is -2.21. The zero-order valence-electron chi connectivity index (χ0n) is 11.5. The van der Waals surface area contributed by atoms with Crippen molar-refractivity contribution < 1.29 is 13.9 Å². The summed E-state index contributed by atoms with van der Waals surface area (Å²) in [6.45, 7) is 2.90. The van der Waals surface area contributed by atoms with Gasteiger partial charge < -0.3 is 15.4 Å². The van der Waals surface area contributed by atoms with Crippen molar-refractivity contribution in [2.45, 2.75) is 19.3 Å². The maximum Gasteiger partial charge on any atom is 0.224 e. The number of amides is 1. The number of rotatable bonds is 6. The molecule has 0 spiro atoms. The van der Waals surface area contributed by atoms with Gasteiger partial charge >= 0.3 is 0 Å². The Morgan fingerprint density at radius 3 is 2.90 bits per heavy atom. The fraction of sp³-hybridized carbons (Fsp3) is 0.533. The molecule has 1 saturated heterocycles. The third-order valence-corrected chi connectivity index (χ3v) is 3.37. The molecule has 1 aliphatic rings. The molecule has 2 rings (SSSR count). The van der Waals surface area contributed by atoms with E-state index in [1.165, 1.54) is 12.1 Å². The van der Waals surface area contributed by atoms with Gasteiger partial charge in [0.2, 0.25) is 5.91 Å². The van der Waals surface area contributed by atoms with E-state index in [9.17, 15) is 9.18 Å². The van der Waals surface area contributed by atoms with Gasteiger partial charge in [0, 0.05) is 13.1 Å². The van der Waals surface area contributed by atoms with Crippen molar-refractivity contribution in [2.75, 3.05) is 26.2 Å². The number of carbonyl (C=O) groups is 1. The third-order valence-electron chi connectivity index (χ3n) is 3.37. The predicted molar refractivity (Wildman–Crippen MR) is 75.1 cm³/mol. The Morgan fingerprint density at radius 1 is 1.40 bits per heavy atom. The molecule has 1 aromatic carbocycles. The van der Waals surface area contributed by atoms with Crippen LogP contribution in [-0.4, -0.2) is 32.1 Å². The Labute approximate surface area is 118 Å². The van der Waals surface area contributed by atoms with Crippen LogP contribution in [0.1, 0.15) is 19.3 Å².